The Morgan fingerprint density at radius 1 is 1.35 bits per heavy atom. The molecule has 2 unspecified atom stereocenters. The average molecular weight is 235 g/mol. The Hall–Kier alpha value is -0.900. The molecule has 1 aromatic carbocycles. The predicted molar refractivity (Wildman–Crippen MR) is 68.3 cm³/mol. The number of nitrogens with one attached hydrogen (secondary N) is 1. The smallest absolute Gasteiger partial charge is 0.0933 e. The summed E-state index contributed by atoms with van der Waals surface area (Å²) < 4.78 is 10.8. The molecule has 0 aromatic heterocycles. The highest BCUT2D eigenvalue weighted by Gasteiger charge is 2.20. The number of ether oxygens (including phenoxy) is 2. The van der Waals surface area contributed by atoms with Crippen LogP contribution in [-0.4, -0.2) is 39.0 Å². The van der Waals surface area contributed by atoms with E-state index in [1.165, 1.54) is 11.1 Å². The van der Waals surface area contributed by atoms with Crippen molar-refractivity contribution < 1.29 is 9.47 Å². The standard InChI is InChI=1S/C14H21NO2/c1-11-3-5-12(6-4-11)7-13-9-17-14(8-15-13)10-16-2/h3-6,13-15H,7-10H2,1-2H3. The highest BCUT2D eigenvalue weighted by atomic mass is 16.5. The molecule has 1 N–H and O–H groups in total. The number of benzene rings is 1. The van der Waals surface area contributed by atoms with Crippen LogP contribution in [0.4, 0.5) is 0 Å². The average Bonchev–Trinajstić information content (AvgIpc) is 2.35. The van der Waals surface area contributed by atoms with Gasteiger partial charge in [0.25, 0.3) is 0 Å². The van der Waals surface area contributed by atoms with Gasteiger partial charge in [-0.15, -0.1) is 0 Å². The number of rotatable bonds is 4. The van der Waals surface area contributed by atoms with Crippen molar-refractivity contribution in [1.29, 1.82) is 0 Å². The van der Waals surface area contributed by atoms with Gasteiger partial charge >= 0.3 is 0 Å². The maximum Gasteiger partial charge on any atom is 0.0933 e. The van der Waals surface area contributed by atoms with Gasteiger partial charge in [-0.05, 0) is 18.9 Å². The van der Waals surface area contributed by atoms with Gasteiger partial charge < -0.3 is 14.8 Å². The topological polar surface area (TPSA) is 30.5 Å². The monoisotopic (exact) mass is 235 g/mol. The predicted octanol–water partition coefficient (Wildman–Crippen LogP) is 1.54. The molecule has 1 aliphatic rings. The van der Waals surface area contributed by atoms with E-state index in [2.05, 4.69) is 36.5 Å². The second kappa shape index (κ2) is 6.15. The lowest BCUT2D eigenvalue weighted by Gasteiger charge is -2.30. The van der Waals surface area contributed by atoms with E-state index in [-0.39, 0.29) is 6.10 Å². The van der Waals surface area contributed by atoms with Gasteiger partial charge in [-0.1, -0.05) is 29.8 Å². The molecule has 0 bridgehead atoms. The van der Waals surface area contributed by atoms with Crippen molar-refractivity contribution in [3.8, 4) is 0 Å². The molecule has 0 spiro atoms. The molecule has 1 heterocycles. The molecule has 0 amide bonds. The summed E-state index contributed by atoms with van der Waals surface area (Å²) >= 11 is 0. The zero-order chi connectivity index (χ0) is 12.1. The van der Waals surface area contributed by atoms with Crippen LogP contribution in [-0.2, 0) is 15.9 Å². The van der Waals surface area contributed by atoms with Crippen LogP contribution >= 0.6 is 0 Å². The van der Waals surface area contributed by atoms with E-state index in [4.69, 9.17) is 9.47 Å². The summed E-state index contributed by atoms with van der Waals surface area (Å²) in [5.41, 5.74) is 2.67. The summed E-state index contributed by atoms with van der Waals surface area (Å²) in [7, 11) is 1.71. The molecule has 1 aliphatic heterocycles. The first-order valence-electron chi connectivity index (χ1n) is 6.17. The molecule has 17 heavy (non-hydrogen) atoms. The van der Waals surface area contributed by atoms with Crippen LogP contribution in [0.15, 0.2) is 24.3 Å². The van der Waals surface area contributed by atoms with Crippen LogP contribution in [0.1, 0.15) is 11.1 Å². The Morgan fingerprint density at radius 2 is 2.12 bits per heavy atom. The van der Waals surface area contributed by atoms with Gasteiger partial charge in [0.2, 0.25) is 0 Å². The normalized spacial score (nSPS) is 24.8. The first-order chi connectivity index (χ1) is 8.28. The molecule has 3 heteroatoms. The molecule has 94 valence electrons. The van der Waals surface area contributed by atoms with E-state index in [0.29, 0.717) is 12.6 Å². The molecule has 1 aromatic rings. The van der Waals surface area contributed by atoms with Crippen LogP contribution in [0.5, 0.6) is 0 Å². The molecule has 1 fully saturated rings. The van der Waals surface area contributed by atoms with Crippen molar-refractivity contribution in [1.82, 2.24) is 5.32 Å². The van der Waals surface area contributed by atoms with Crippen molar-refractivity contribution in [2.45, 2.75) is 25.5 Å². The highest BCUT2D eigenvalue weighted by Crippen LogP contribution is 2.09. The number of aryl methyl sites for hydroxylation is 1. The maximum absolute atomic E-state index is 5.74. The van der Waals surface area contributed by atoms with Crippen LogP contribution in [0, 0.1) is 6.92 Å². The molecule has 0 radical (unpaired) electrons. The van der Waals surface area contributed by atoms with Crippen molar-refractivity contribution in [3.63, 3.8) is 0 Å². The number of hydrogen-bond acceptors (Lipinski definition) is 3. The summed E-state index contributed by atoms with van der Waals surface area (Å²) in [6.45, 7) is 4.43. The lowest BCUT2D eigenvalue weighted by molar-refractivity contribution is -0.0356. The Labute approximate surface area is 103 Å². The summed E-state index contributed by atoms with van der Waals surface area (Å²) in [4.78, 5) is 0. The van der Waals surface area contributed by atoms with E-state index in [0.717, 1.165) is 19.6 Å². The van der Waals surface area contributed by atoms with Crippen LogP contribution in [0.3, 0.4) is 0 Å². The quantitative estimate of drug-likeness (QED) is 0.858. The zero-order valence-corrected chi connectivity index (χ0v) is 10.6. The summed E-state index contributed by atoms with van der Waals surface area (Å²) in [5.74, 6) is 0. The third-order valence-corrected chi connectivity index (χ3v) is 3.12. The van der Waals surface area contributed by atoms with Crippen LogP contribution < -0.4 is 5.32 Å². The second-order valence-electron chi connectivity index (χ2n) is 4.71. The van der Waals surface area contributed by atoms with Crippen molar-refractivity contribution in [2.24, 2.45) is 0 Å². The van der Waals surface area contributed by atoms with E-state index in [1.54, 1.807) is 7.11 Å². The third-order valence-electron chi connectivity index (χ3n) is 3.12. The number of morpholine rings is 1. The maximum atomic E-state index is 5.74. The molecule has 2 atom stereocenters. The fourth-order valence-corrected chi connectivity index (χ4v) is 2.10. The first kappa shape index (κ1) is 12.6. The van der Waals surface area contributed by atoms with E-state index < -0.39 is 0 Å². The molecule has 0 saturated carbocycles. The highest BCUT2D eigenvalue weighted by molar-refractivity contribution is 5.22. The largest absolute Gasteiger partial charge is 0.382 e. The van der Waals surface area contributed by atoms with E-state index in [9.17, 15) is 0 Å². The van der Waals surface area contributed by atoms with Crippen molar-refractivity contribution in [3.05, 3.63) is 35.4 Å². The molecule has 1 saturated heterocycles. The summed E-state index contributed by atoms with van der Waals surface area (Å²) in [5, 5.41) is 3.51. The zero-order valence-electron chi connectivity index (χ0n) is 10.6. The van der Waals surface area contributed by atoms with Gasteiger partial charge in [0.1, 0.15) is 0 Å². The lowest BCUT2D eigenvalue weighted by Crippen LogP contribution is -2.48. The van der Waals surface area contributed by atoms with Gasteiger partial charge in [0.15, 0.2) is 0 Å². The van der Waals surface area contributed by atoms with Gasteiger partial charge in [-0.25, -0.2) is 0 Å². The Morgan fingerprint density at radius 3 is 2.71 bits per heavy atom. The third kappa shape index (κ3) is 3.80. The first-order valence-corrected chi connectivity index (χ1v) is 6.17. The van der Waals surface area contributed by atoms with Crippen LogP contribution in [0.2, 0.25) is 0 Å². The molecule has 2 rings (SSSR count). The van der Waals surface area contributed by atoms with Crippen LogP contribution in [0.25, 0.3) is 0 Å². The molecular formula is C14H21NO2. The Kier molecular flexibility index (Phi) is 4.54. The van der Waals surface area contributed by atoms with Gasteiger partial charge in [0.05, 0.1) is 19.3 Å². The molecule has 3 nitrogen and oxygen atoms in total. The SMILES string of the molecule is COCC1CNC(Cc2ccc(C)cc2)CO1. The molecular weight excluding hydrogens is 214 g/mol. The van der Waals surface area contributed by atoms with Crippen molar-refractivity contribution in [2.75, 3.05) is 26.9 Å². The van der Waals surface area contributed by atoms with Gasteiger partial charge in [-0.2, -0.15) is 0 Å². The summed E-state index contributed by atoms with van der Waals surface area (Å²) in [6, 6.07) is 9.13. The van der Waals surface area contributed by atoms with Crippen molar-refractivity contribution >= 4 is 0 Å². The number of hydrogen-bond donors (Lipinski definition) is 1. The Balaban J connectivity index is 1.79. The van der Waals surface area contributed by atoms with E-state index >= 15 is 0 Å². The fraction of sp³-hybridized carbons (Fsp3) is 0.571. The minimum atomic E-state index is 0.203. The fourth-order valence-electron chi connectivity index (χ4n) is 2.10. The minimum Gasteiger partial charge on any atom is -0.382 e. The Bertz CT molecular complexity index is 329. The van der Waals surface area contributed by atoms with Gasteiger partial charge in [-0.3, -0.25) is 0 Å². The molecule has 0 aliphatic carbocycles. The minimum absolute atomic E-state index is 0.203. The lowest BCUT2D eigenvalue weighted by atomic mass is 10.0. The summed E-state index contributed by atoms with van der Waals surface area (Å²) in [6.07, 6.45) is 1.23. The second-order valence-corrected chi connectivity index (χ2v) is 4.71. The van der Waals surface area contributed by atoms with Gasteiger partial charge in [0, 0.05) is 19.7 Å². The van der Waals surface area contributed by atoms with E-state index in [1.807, 2.05) is 0 Å². The number of methoxy groups -OCH3 is 1.